The SMILES string of the molecule is CCCCCCCCCCCCCc1ccc(C)s1. The minimum atomic E-state index is 1.30. The molecule has 0 aliphatic rings. The van der Waals surface area contributed by atoms with Gasteiger partial charge in [0.25, 0.3) is 0 Å². The fraction of sp³-hybridized carbons (Fsp3) is 0.778. The van der Waals surface area contributed by atoms with E-state index in [0.717, 1.165) is 0 Å². The van der Waals surface area contributed by atoms with Crippen molar-refractivity contribution in [2.45, 2.75) is 90.9 Å². The van der Waals surface area contributed by atoms with Crippen LogP contribution in [-0.4, -0.2) is 0 Å². The van der Waals surface area contributed by atoms with Crippen molar-refractivity contribution in [3.63, 3.8) is 0 Å². The second-order valence-electron chi connectivity index (χ2n) is 5.80. The molecule has 0 saturated carbocycles. The number of hydrogen-bond acceptors (Lipinski definition) is 1. The van der Waals surface area contributed by atoms with Gasteiger partial charge in [-0.2, -0.15) is 0 Å². The molecule has 0 saturated heterocycles. The van der Waals surface area contributed by atoms with Gasteiger partial charge in [0, 0.05) is 9.75 Å². The van der Waals surface area contributed by atoms with Crippen LogP contribution < -0.4 is 0 Å². The summed E-state index contributed by atoms with van der Waals surface area (Å²) in [6.45, 7) is 4.49. The molecule has 0 bridgehead atoms. The van der Waals surface area contributed by atoms with Crippen LogP contribution in [0.5, 0.6) is 0 Å². The van der Waals surface area contributed by atoms with Gasteiger partial charge < -0.3 is 0 Å². The van der Waals surface area contributed by atoms with Crippen molar-refractivity contribution < 1.29 is 0 Å². The van der Waals surface area contributed by atoms with Gasteiger partial charge in [-0.3, -0.25) is 0 Å². The van der Waals surface area contributed by atoms with Crippen molar-refractivity contribution in [1.29, 1.82) is 0 Å². The number of aryl methyl sites for hydroxylation is 2. The molecule has 0 radical (unpaired) electrons. The molecule has 0 N–H and O–H groups in total. The molecular weight excluding hydrogens is 248 g/mol. The highest BCUT2D eigenvalue weighted by Gasteiger charge is 1.97. The molecule has 1 heterocycles. The Morgan fingerprint density at radius 3 is 1.74 bits per heavy atom. The van der Waals surface area contributed by atoms with Crippen molar-refractivity contribution in [3.8, 4) is 0 Å². The first-order valence-corrected chi connectivity index (χ1v) is 9.20. The molecule has 0 amide bonds. The smallest absolute Gasteiger partial charge is 0.00480 e. The maximum Gasteiger partial charge on any atom is 0.00480 e. The van der Waals surface area contributed by atoms with E-state index in [-0.39, 0.29) is 0 Å². The van der Waals surface area contributed by atoms with E-state index in [1.165, 1.54) is 81.9 Å². The fourth-order valence-corrected chi connectivity index (χ4v) is 3.52. The van der Waals surface area contributed by atoms with E-state index in [1.807, 2.05) is 11.3 Å². The van der Waals surface area contributed by atoms with E-state index < -0.39 is 0 Å². The second kappa shape index (κ2) is 11.5. The summed E-state index contributed by atoms with van der Waals surface area (Å²) < 4.78 is 0. The van der Waals surface area contributed by atoms with Crippen LogP contribution in [0.3, 0.4) is 0 Å². The quantitative estimate of drug-likeness (QED) is 0.365. The molecule has 0 fully saturated rings. The van der Waals surface area contributed by atoms with Crippen LogP contribution >= 0.6 is 11.3 Å². The van der Waals surface area contributed by atoms with Gasteiger partial charge in [-0.1, -0.05) is 71.1 Å². The van der Waals surface area contributed by atoms with Crippen molar-refractivity contribution in [3.05, 3.63) is 21.9 Å². The average Bonchev–Trinajstić information content (AvgIpc) is 2.82. The molecule has 0 aliphatic heterocycles. The highest BCUT2D eigenvalue weighted by atomic mass is 32.1. The normalized spacial score (nSPS) is 11.1. The molecular formula is C18H32S. The lowest BCUT2D eigenvalue weighted by Gasteiger charge is -2.02. The molecule has 0 unspecified atom stereocenters. The fourth-order valence-electron chi connectivity index (χ4n) is 2.58. The van der Waals surface area contributed by atoms with E-state index in [0.29, 0.717) is 0 Å². The van der Waals surface area contributed by atoms with Gasteiger partial charge in [0.05, 0.1) is 0 Å². The third-order valence-corrected chi connectivity index (χ3v) is 4.88. The predicted molar refractivity (Wildman–Crippen MR) is 89.2 cm³/mol. The number of thiophene rings is 1. The van der Waals surface area contributed by atoms with Gasteiger partial charge in [0.2, 0.25) is 0 Å². The van der Waals surface area contributed by atoms with Crippen LogP contribution in [0, 0.1) is 6.92 Å². The lowest BCUT2D eigenvalue weighted by atomic mass is 10.1. The summed E-state index contributed by atoms with van der Waals surface area (Å²) in [4.78, 5) is 3.03. The maximum atomic E-state index is 2.30. The standard InChI is InChI=1S/C18H32S/c1-3-4-5-6-7-8-9-10-11-12-13-14-18-16-15-17(2)19-18/h15-16H,3-14H2,1-2H3. The molecule has 0 atom stereocenters. The Hall–Kier alpha value is -0.300. The van der Waals surface area contributed by atoms with E-state index in [9.17, 15) is 0 Å². The van der Waals surface area contributed by atoms with Gasteiger partial charge in [-0.15, -0.1) is 11.3 Å². The number of unbranched alkanes of at least 4 members (excludes halogenated alkanes) is 10. The summed E-state index contributed by atoms with van der Waals surface area (Å²) >= 11 is 1.97. The molecule has 19 heavy (non-hydrogen) atoms. The van der Waals surface area contributed by atoms with E-state index in [2.05, 4.69) is 26.0 Å². The zero-order valence-corrected chi connectivity index (χ0v) is 13.9. The Kier molecular flexibility index (Phi) is 10.2. The lowest BCUT2D eigenvalue weighted by molar-refractivity contribution is 0.550. The first-order valence-electron chi connectivity index (χ1n) is 8.38. The van der Waals surface area contributed by atoms with Crippen LogP contribution in [0.15, 0.2) is 12.1 Å². The third-order valence-electron chi connectivity index (χ3n) is 3.82. The Balaban J connectivity index is 1.79. The number of hydrogen-bond donors (Lipinski definition) is 0. The molecule has 1 rings (SSSR count). The lowest BCUT2D eigenvalue weighted by Crippen LogP contribution is -1.84. The summed E-state index contributed by atoms with van der Waals surface area (Å²) in [7, 11) is 0. The summed E-state index contributed by atoms with van der Waals surface area (Å²) in [5.41, 5.74) is 0. The highest BCUT2D eigenvalue weighted by Crippen LogP contribution is 2.18. The summed E-state index contributed by atoms with van der Waals surface area (Å²) in [6, 6.07) is 4.55. The van der Waals surface area contributed by atoms with Gasteiger partial charge in [-0.25, -0.2) is 0 Å². The van der Waals surface area contributed by atoms with Crippen molar-refractivity contribution in [1.82, 2.24) is 0 Å². The van der Waals surface area contributed by atoms with Crippen LogP contribution in [0.2, 0.25) is 0 Å². The Morgan fingerprint density at radius 2 is 1.26 bits per heavy atom. The first kappa shape index (κ1) is 16.8. The Labute approximate surface area is 124 Å². The highest BCUT2D eigenvalue weighted by molar-refractivity contribution is 7.11. The van der Waals surface area contributed by atoms with Gasteiger partial charge in [-0.05, 0) is 31.9 Å². The predicted octanol–water partition coefficient (Wildman–Crippen LogP) is 6.91. The first-order chi connectivity index (χ1) is 9.33. The van der Waals surface area contributed by atoms with Crippen molar-refractivity contribution in [2.75, 3.05) is 0 Å². The monoisotopic (exact) mass is 280 g/mol. The molecule has 0 aromatic carbocycles. The van der Waals surface area contributed by atoms with Crippen LogP contribution in [0.4, 0.5) is 0 Å². The summed E-state index contributed by atoms with van der Waals surface area (Å²) in [5.74, 6) is 0. The number of rotatable bonds is 12. The van der Waals surface area contributed by atoms with E-state index >= 15 is 0 Å². The summed E-state index contributed by atoms with van der Waals surface area (Å²) in [5, 5.41) is 0. The van der Waals surface area contributed by atoms with Gasteiger partial charge in [0.15, 0.2) is 0 Å². The molecule has 1 aromatic rings. The van der Waals surface area contributed by atoms with Crippen LogP contribution in [0.25, 0.3) is 0 Å². The molecule has 0 aliphatic carbocycles. The maximum absolute atomic E-state index is 2.30. The zero-order chi connectivity index (χ0) is 13.8. The molecule has 1 heteroatoms. The van der Waals surface area contributed by atoms with E-state index in [4.69, 9.17) is 0 Å². The van der Waals surface area contributed by atoms with Crippen molar-refractivity contribution in [2.24, 2.45) is 0 Å². The zero-order valence-electron chi connectivity index (χ0n) is 13.0. The van der Waals surface area contributed by atoms with Gasteiger partial charge >= 0.3 is 0 Å². The molecule has 110 valence electrons. The summed E-state index contributed by atoms with van der Waals surface area (Å²) in [6.07, 6.45) is 17.1. The molecule has 0 spiro atoms. The van der Waals surface area contributed by atoms with Crippen LogP contribution in [-0.2, 0) is 6.42 Å². The molecule has 0 nitrogen and oxygen atoms in total. The van der Waals surface area contributed by atoms with E-state index in [1.54, 1.807) is 4.88 Å². The van der Waals surface area contributed by atoms with Gasteiger partial charge in [0.1, 0.15) is 0 Å². The Morgan fingerprint density at radius 1 is 0.737 bits per heavy atom. The molecule has 1 aromatic heterocycles. The topological polar surface area (TPSA) is 0 Å². The average molecular weight is 281 g/mol. The van der Waals surface area contributed by atoms with Crippen LogP contribution in [0.1, 0.15) is 87.3 Å². The van der Waals surface area contributed by atoms with Crippen molar-refractivity contribution >= 4 is 11.3 Å². The second-order valence-corrected chi connectivity index (χ2v) is 7.17. The minimum absolute atomic E-state index is 1.30. The minimum Gasteiger partial charge on any atom is -0.146 e. The Bertz CT molecular complexity index is 300. The third kappa shape index (κ3) is 9.27. The largest absolute Gasteiger partial charge is 0.146 e.